The van der Waals surface area contributed by atoms with Gasteiger partial charge in [0.05, 0.1) is 5.71 Å². The van der Waals surface area contributed by atoms with Gasteiger partial charge in [-0.15, -0.1) is 0 Å². The zero-order chi connectivity index (χ0) is 37.6. The molecule has 9 aromatic carbocycles. The van der Waals surface area contributed by atoms with Crippen molar-refractivity contribution in [1.29, 1.82) is 0 Å². The first kappa shape index (κ1) is 33.5. The molecule has 0 radical (unpaired) electrons. The summed E-state index contributed by atoms with van der Waals surface area (Å²) in [4.78, 5) is 5.41. The van der Waals surface area contributed by atoms with Gasteiger partial charge in [0, 0.05) is 0 Å². The number of hydrogen-bond acceptors (Lipinski definition) is 1. The summed E-state index contributed by atoms with van der Waals surface area (Å²) in [5, 5.41) is 7.74. The third-order valence-corrected chi connectivity index (χ3v) is 11.4. The smallest absolute Gasteiger partial charge is 0.101 e. The summed E-state index contributed by atoms with van der Waals surface area (Å²) in [6.07, 6.45) is 0. The Hall–Kier alpha value is -7.09. The van der Waals surface area contributed by atoms with E-state index in [1.165, 1.54) is 71.3 Å². The molecule has 0 aromatic heterocycles. The minimum atomic E-state index is -0.207. The van der Waals surface area contributed by atoms with Crippen molar-refractivity contribution in [1.82, 2.24) is 0 Å². The minimum absolute atomic E-state index is 0.207. The van der Waals surface area contributed by atoms with Crippen LogP contribution in [0.15, 0.2) is 223 Å². The quantitative estimate of drug-likeness (QED) is 0.152. The lowest BCUT2D eigenvalue weighted by Gasteiger charge is -2.28. The molecule has 1 unspecified atom stereocenters. The fourth-order valence-corrected chi connectivity index (χ4v) is 8.70. The Kier molecular flexibility index (Phi) is 8.34. The van der Waals surface area contributed by atoms with Crippen LogP contribution in [0.4, 0.5) is 0 Å². The second-order valence-electron chi connectivity index (χ2n) is 14.8. The van der Waals surface area contributed by atoms with Crippen LogP contribution in [-0.2, 0) is 0 Å². The maximum absolute atomic E-state index is 5.41. The van der Waals surface area contributed by atoms with Gasteiger partial charge in [-0.1, -0.05) is 183 Å². The van der Waals surface area contributed by atoms with Gasteiger partial charge in [0.2, 0.25) is 0 Å². The Labute approximate surface area is 328 Å². The van der Waals surface area contributed by atoms with Crippen molar-refractivity contribution in [2.75, 3.05) is 0 Å². The zero-order valence-corrected chi connectivity index (χ0v) is 31.3. The molecule has 0 bridgehead atoms. The Morgan fingerprint density at radius 3 is 1.32 bits per heavy atom. The van der Waals surface area contributed by atoms with Crippen LogP contribution in [0.1, 0.15) is 29.7 Å². The lowest BCUT2D eigenvalue weighted by molar-refractivity contribution is 0.870. The number of fused-ring (bicyclic) bond motifs is 6. The van der Waals surface area contributed by atoms with Crippen LogP contribution in [0.3, 0.4) is 0 Å². The lowest BCUT2D eigenvalue weighted by Crippen LogP contribution is -2.17. The van der Waals surface area contributed by atoms with E-state index in [4.69, 9.17) is 4.99 Å². The van der Waals surface area contributed by atoms with Gasteiger partial charge in [-0.25, -0.2) is 0 Å². The van der Waals surface area contributed by atoms with E-state index in [0.717, 1.165) is 33.5 Å². The number of rotatable bonds is 6. The molecule has 1 heteroatoms. The van der Waals surface area contributed by atoms with Crippen LogP contribution in [0.25, 0.3) is 71.3 Å². The standard InChI is InChI=1S/C55H39N/c1-36-53(38-16-5-3-6-17-38)37(2)55(56-54(36)39-18-7-4-8-19-39)46-25-15-24-44(34-46)42-22-13-20-40(32-42)41-21-14-23-43(33-41)45-30-31-51-49-28-10-9-26-47(49)48-27-11-12-29-50(48)52(51)35-45/h3-35,55H,2H2,1H3. The van der Waals surface area contributed by atoms with E-state index in [9.17, 15) is 0 Å². The fraction of sp³-hybridized carbons (Fsp3) is 0.0364. The predicted molar refractivity (Wildman–Crippen MR) is 239 cm³/mol. The molecule has 0 aliphatic carbocycles. The summed E-state index contributed by atoms with van der Waals surface area (Å²) in [5.41, 5.74) is 14.9. The van der Waals surface area contributed by atoms with Crippen molar-refractivity contribution in [3.05, 3.63) is 235 Å². The van der Waals surface area contributed by atoms with Gasteiger partial charge in [-0.3, -0.25) is 4.99 Å². The highest BCUT2D eigenvalue weighted by molar-refractivity contribution is 6.25. The van der Waals surface area contributed by atoms with Crippen molar-refractivity contribution < 1.29 is 0 Å². The third kappa shape index (κ3) is 5.86. The van der Waals surface area contributed by atoms with Crippen LogP contribution in [0.5, 0.6) is 0 Å². The topological polar surface area (TPSA) is 12.4 Å². The molecular weight excluding hydrogens is 675 g/mol. The van der Waals surface area contributed by atoms with Gasteiger partial charge < -0.3 is 0 Å². The first-order chi connectivity index (χ1) is 27.6. The second-order valence-corrected chi connectivity index (χ2v) is 14.8. The molecule has 1 nitrogen and oxygen atoms in total. The first-order valence-corrected chi connectivity index (χ1v) is 19.3. The monoisotopic (exact) mass is 713 g/mol. The molecule has 0 N–H and O–H groups in total. The van der Waals surface area contributed by atoms with Gasteiger partial charge in [-0.05, 0) is 130 Å². The Morgan fingerprint density at radius 1 is 0.357 bits per heavy atom. The molecule has 1 aliphatic heterocycles. The van der Waals surface area contributed by atoms with Gasteiger partial charge in [0.25, 0.3) is 0 Å². The molecule has 56 heavy (non-hydrogen) atoms. The molecule has 0 fully saturated rings. The van der Waals surface area contributed by atoms with E-state index in [-0.39, 0.29) is 6.04 Å². The summed E-state index contributed by atoms with van der Waals surface area (Å²) < 4.78 is 0. The molecule has 10 rings (SSSR count). The summed E-state index contributed by atoms with van der Waals surface area (Å²) in [7, 11) is 0. The van der Waals surface area contributed by atoms with Crippen molar-refractivity contribution in [3.63, 3.8) is 0 Å². The molecule has 1 heterocycles. The van der Waals surface area contributed by atoms with E-state index in [1.54, 1.807) is 0 Å². The van der Waals surface area contributed by atoms with Crippen LogP contribution in [0, 0.1) is 0 Å². The molecular formula is C55H39N. The maximum Gasteiger partial charge on any atom is 0.101 e. The summed E-state index contributed by atoms with van der Waals surface area (Å²) in [6.45, 7) is 6.85. The van der Waals surface area contributed by atoms with Crippen molar-refractivity contribution in [2.45, 2.75) is 13.0 Å². The summed E-state index contributed by atoms with van der Waals surface area (Å²) in [5.74, 6) is 0. The van der Waals surface area contributed by atoms with E-state index >= 15 is 0 Å². The molecule has 264 valence electrons. The molecule has 0 spiro atoms. The van der Waals surface area contributed by atoms with E-state index < -0.39 is 0 Å². The maximum atomic E-state index is 5.41. The van der Waals surface area contributed by atoms with Gasteiger partial charge in [0.1, 0.15) is 6.04 Å². The Morgan fingerprint density at radius 2 is 0.768 bits per heavy atom. The second kappa shape index (κ2) is 14.0. The molecule has 9 aromatic rings. The normalized spacial score (nSPS) is 14.4. The van der Waals surface area contributed by atoms with Gasteiger partial charge >= 0.3 is 0 Å². The molecule has 1 aliphatic rings. The van der Waals surface area contributed by atoms with Crippen molar-refractivity contribution >= 4 is 43.6 Å². The van der Waals surface area contributed by atoms with E-state index in [2.05, 4.69) is 214 Å². The lowest BCUT2D eigenvalue weighted by atomic mass is 9.81. The summed E-state index contributed by atoms with van der Waals surface area (Å²) >= 11 is 0. The Bertz CT molecular complexity index is 3000. The average Bonchev–Trinajstić information content (AvgIpc) is 3.27. The molecule has 0 saturated carbocycles. The van der Waals surface area contributed by atoms with Crippen LogP contribution < -0.4 is 0 Å². The first-order valence-electron chi connectivity index (χ1n) is 19.3. The third-order valence-electron chi connectivity index (χ3n) is 11.4. The van der Waals surface area contributed by atoms with Crippen LogP contribution >= 0.6 is 0 Å². The highest BCUT2D eigenvalue weighted by atomic mass is 14.8. The number of dihydropyridines is 1. The zero-order valence-electron chi connectivity index (χ0n) is 31.3. The average molecular weight is 714 g/mol. The van der Waals surface area contributed by atoms with E-state index in [1.807, 2.05) is 0 Å². The fourth-order valence-electron chi connectivity index (χ4n) is 8.70. The number of benzene rings is 9. The highest BCUT2D eigenvalue weighted by Crippen LogP contribution is 2.43. The SMILES string of the molecule is C=C1C(c2ccccc2)=C(C)C(c2ccccc2)=NC1c1cccc(-c2cccc(-c3cccc(-c4ccc5c6ccccc6c6ccccc6c5c4)c3)c2)c1. The van der Waals surface area contributed by atoms with Crippen molar-refractivity contribution in [2.24, 2.45) is 4.99 Å². The van der Waals surface area contributed by atoms with Gasteiger partial charge in [-0.2, -0.15) is 0 Å². The highest BCUT2D eigenvalue weighted by Gasteiger charge is 2.28. The summed E-state index contributed by atoms with van der Waals surface area (Å²) in [6, 6.07) is 72.1. The number of nitrogens with zero attached hydrogens (tertiary/aromatic N) is 1. The predicted octanol–water partition coefficient (Wildman–Crippen LogP) is 14.7. The largest absolute Gasteiger partial charge is 0.272 e. The molecule has 0 saturated heterocycles. The minimum Gasteiger partial charge on any atom is -0.272 e. The number of aliphatic imine (C=N–C) groups is 1. The van der Waals surface area contributed by atoms with Crippen molar-refractivity contribution in [3.8, 4) is 33.4 Å². The number of hydrogen-bond donors (Lipinski definition) is 0. The number of allylic oxidation sites excluding steroid dienone is 1. The van der Waals surface area contributed by atoms with E-state index in [0.29, 0.717) is 0 Å². The Balaban J connectivity index is 1.01. The molecule has 1 atom stereocenters. The van der Waals surface area contributed by atoms with Crippen LogP contribution in [-0.4, -0.2) is 5.71 Å². The van der Waals surface area contributed by atoms with Gasteiger partial charge in [0.15, 0.2) is 0 Å². The molecule has 0 amide bonds. The van der Waals surface area contributed by atoms with Crippen LogP contribution in [0.2, 0.25) is 0 Å².